The maximum Gasteiger partial charge on any atom is 0.320 e. The predicted molar refractivity (Wildman–Crippen MR) is 135 cm³/mol. The second kappa shape index (κ2) is 12.4. The maximum atomic E-state index is 13.6. The standard InChI is InChI=1S/C28H30N2O3S/c31-26(33-22-23-11-4-1-5-12-23)21-29-17-10-18-30(20-19-29)28(32)27(24-13-6-2-7-14-24)34-25-15-8-3-9-16-25/h1-9,11-16,27H,10,17-22H2. The van der Waals surface area contributed by atoms with Crippen LogP contribution in [0.2, 0.25) is 0 Å². The minimum atomic E-state index is -0.300. The van der Waals surface area contributed by atoms with E-state index in [1.165, 1.54) is 0 Å². The zero-order valence-corrected chi connectivity index (χ0v) is 20.0. The molecule has 176 valence electrons. The van der Waals surface area contributed by atoms with Crippen molar-refractivity contribution in [2.75, 3.05) is 32.7 Å². The van der Waals surface area contributed by atoms with Crippen LogP contribution in [-0.2, 0) is 20.9 Å². The molecule has 1 aliphatic heterocycles. The summed E-state index contributed by atoms with van der Waals surface area (Å²) in [7, 11) is 0. The maximum absolute atomic E-state index is 13.6. The van der Waals surface area contributed by atoms with Crippen LogP contribution < -0.4 is 0 Å². The molecule has 0 radical (unpaired) electrons. The topological polar surface area (TPSA) is 49.9 Å². The van der Waals surface area contributed by atoms with Gasteiger partial charge in [0.1, 0.15) is 11.9 Å². The van der Waals surface area contributed by atoms with E-state index in [0.717, 1.165) is 29.0 Å². The first-order chi connectivity index (χ1) is 16.7. The number of nitrogens with zero attached hydrogens (tertiary/aromatic N) is 2. The number of carbonyl (C=O) groups excluding carboxylic acids is 2. The van der Waals surface area contributed by atoms with Crippen LogP contribution in [0.3, 0.4) is 0 Å². The highest BCUT2D eigenvalue weighted by Gasteiger charge is 2.29. The third-order valence-corrected chi connectivity index (χ3v) is 7.07. The Bertz CT molecular complexity index is 1050. The molecular weight excluding hydrogens is 444 g/mol. The molecule has 5 nitrogen and oxygen atoms in total. The van der Waals surface area contributed by atoms with Crippen LogP contribution >= 0.6 is 11.8 Å². The van der Waals surface area contributed by atoms with Crippen molar-refractivity contribution in [3.63, 3.8) is 0 Å². The van der Waals surface area contributed by atoms with E-state index < -0.39 is 0 Å². The second-order valence-corrected chi connectivity index (χ2v) is 9.50. The summed E-state index contributed by atoms with van der Waals surface area (Å²) in [6.07, 6.45) is 0.829. The van der Waals surface area contributed by atoms with Gasteiger partial charge in [-0.1, -0.05) is 78.9 Å². The summed E-state index contributed by atoms with van der Waals surface area (Å²) in [5.41, 5.74) is 1.98. The molecule has 1 aliphatic rings. The van der Waals surface area contributed by atoms with Gasteiger partial charge in [0.15, 0.2) is 0 Å². The normalized spacial score (nSPS) is 15.4. The molecule has 1 fully saturated rings. The van der Waals surface area contributed by atoms with Gasteiger partial charge in [-0.25, -0.2) is 0 Å². The highest BCUT2D eigenvalue weighted by molar-refractivity contribution is 8.00. The Balaban J connectivity index is 1.35. The van der Waals surface area contributed by atoms with Gasteiger partial charge in [0.05, 0.1) is 6.54 Å². The zero-order chi connectivity index (χ0) is 23.6. The van der Waals surface area contributed by atoms with Crippen LogP contribution in [0.4, 0.5) is 0 Å². The minimum Gasteiger partial charge on any atom is -0.460 e. The Kier molecular flexibility index (Phi) is 8.77. The molecule has 1 unspecified atom stereocenters. The van der Waals surface area contributed by atoms with Gasteiger partial charge in [0.25, 0.3) is 0 Å². The van der Waals surface area contributed by atoms with Crippen LogP contribution in [0.25, 0.3) is 0 Å². The van der Waals surface area contributed by atoms with Gasteiger partial charge < -0.3 is 9.64 Å². The molecule has 4 rings (SSSR count). The average molecular weight is 475 g/mol. The lowest BCUT2D eigenvalue weighted by atomic mass is 10.1. The van der Waals surface area contributed by atoms with Crippen LogP contribution in [-0.4, -0.2) is 54.4 Å². The molecule has 1 heterocycles. The molecule has 1 atom stereocenters. The van der Waals surface area contributed by atoms with Crippen molar-refractivity contribution in [1.29, 1.82) is 0 Å². The lowest BCUT2D eigenvalue weighted by Gasteiger charge is -2.26. The lowest BCUT2D eigenvalue weighted by molar-refractivity contribution is -0.146. The largest absolute Gasteiger partial charge is 0.460 e. The molecule has 0 bridgehead atoms. The summed E-state index contributed by atoms with van der Waals surface area (Å²) in [6, 6.07) is 29.7. The molecule has 34 heavy (non-hydrogen) atoms. The summed E-state index contributed by atoms with van der Waals surface area (Å²) in [4.78, 5) is 31.1. The number of rotatable bonds is 8. The summed E-state index contributed by atoms with van der Waals surface area (Å²) >= 11 is 1.59. The Morgan fingerprint density at radius 1 is 0.794 bits per heavy atom. The summed E-state index contributed by atoms with van der Waals surface area (Å²) < 4.78 is 5.44. The van der Waals surface area contributed by atoms with Gasteiger partial charge in [0, 0.05) is 31.1 Å². The number of amides is 1. The average Bonchev–Trinajstić information content (AvgIpc) is 3.13. The number of benzene rings is 3. The molecule has 1 saturated heterocycles. The summed E-state index contributed by atoms with van der Waals surface area (Å²) in [6.45, 7) is 3.25. The van der Waals surface area contributed by atoms with E-state index >= 15 is 0 Å². The van der Waals surface area contributed by atoms with E-state index in [9.17, 15) is 9.59 Å². The highest BCUT2D eigenvalue weighted by atomic mass is 32.2. The first-order valence-electron chi connectivity index (χ1n) is 11.7. The zero-order valence-electron chi connectivity index (χ0n) is 19.2. The Morgan fingerprint density at radius 3 is 2.15 bits per heavy atom. The summed E-state index contributed by atoms with van der Waals surface area (Å²) in [5, 5.41) is -0.300. The van der Waals surface area contributed by atoms with E-state index in [-0.39, 0.29) is 30.3 Å². The molecule has 3 aromatic rings. The van der Waals surface area contributed by atoms with E-state index in [1.807, 2.05) is 95.9 Å². The van der Waals surface area contributed by atoms with E-state index in [1.54, 1.807) is 11.8 Å². The van der Waals surface area contributed by atoms with Crippen LogP contribution in [0, 0.1) is 0 Å². The van der Waals surface area contributed by atoms with Gasteiger partial charge in [-0.3, -0.25) is 14.5 Å². The molecule has 6 heteroatoms. The molecule has 3 aromatic carbocycles. The number of hydrogen-bond donors (Lipinski definition) is 0. The van der Waals surface area contributed by atoms with Crippen molar-refractivity contribution in [2.24, 2.45) is 0 Å². The number of esters is 1. The molecule has 1 amide bonds. The quantitative estimate of drug-likeness (QED) is 0.347. The fourth-order valence-electron chi connectivity index (χ4n) is 4.01. The third kappa shape index (κ3) is 6.95. The fourth-order valence-corrected chi connectivity index (χ4v) is 5.14. The van der Waals surface area contributed by atoms with Crippen molar-refractivity contribution in [3.8, 4) is 0 Å². The van der Waals surface area contributed by atoms with Crippen molar-refractivity contribution < 1.29 is 14.3 Å². The van der Waals surface area contributed by atoms with Gasteiger partial charge in [-0.05, 0) is 29.7 Å². The van der Waals surface area contributed by atoms with Gasteiger partial charge in [0.2, 0.25) is 5.91 Å². The smallest absolute Gasteiger partial charge is 0.320 e. The van der Waals surface area contributed by atoms with E-state index in [0.29, 0.717) is 19.6 Å². The Morgan fingerprint density at radius 2 is 1.44 bits per heavy atom. The highest BCUT2D eigenvalue weighted by Crippen LogP contribution is 2.36. The van der Waals surface area contributed by atoms with Gasteiger partial charge in [-0.2, -0.15) is 0 Å². The molecule has 0 aromatic heterocycles. The fraction of sp³-hybridized carbons (Fsp3) is 0.286. The van der Waals surface area contributed by atoms with Gasteiger partial charge in [-0.15, -0.1) is 11.8 Å². The van der Waals surface area contributed by atoms with Crippen LogP contribution in [0.5, 0.6) is 0 Å². The second-order valence-electron chi connectivity index (χ2n) is 8.32. The number of hydrogen-bond acceptors (Lipinski definition) is 5. The monoisotopic (exact) mass is 474 g/mol. The van der Waals surface area contributed by atoms with Crippen LogP contribution in [0.1, 0.15) is 22.8 Å². The lowest BCUT2D eigenvalue weighted by Crippen LogP contribution is -2.38. The van der Waals surface area contributed by atoms with E-state index in [2.05, 4.69) is 4.90 Å². The van der Waals surface area contributed by atoms with Crippen LogP contribution in [0.15, 0.2) is 95.9 Å². The van der Waals surface area contributed by atoms with Gasteiger partial charge >= 0.3 is 5.97 Å². The molecule has 0 aliphatic carbocycles. The Hall–Kier alpha value is -3.09. The molecule has 0 N–H and O–H groups in total. The first-order valence-corrected chi connectivity index (χ1v) is 12.5. The first kappa shape index (κ1) is 24.0. The van der Waals surface area contributed by atoms with Crippen molar-refractivity contribution in [2.45, 2.75) is 23.2 Å². The molecule has 0 spiro atoms. The summed E-state index contributed by atoms with van der Waals surface area (Å²) in [5.74, 6) is -0.112. The van der Waals surface area contributed by atoms with E-state index in [4.69, 9.17) is 4.74 Å². The van der Waals surface area contributed by atoms with Crippen molar-refractivity contribution in [3.05, 3.63) is 102 Å². The predicted octanol–water partition coefficient (Wildman–Crippen LogP) is 4.80. The molecule has 0 saturated carbocycles. The SMILES string of the molecule is O=C(CN1CCCN(C(=O)C(Sc2ccccc2)c2ccccc2)CC1)OCc1ccccc1. The van der Waals surface area contributed by atoms with Crippen molar-refractivity contribution >= 4 is 23.6 Å². The number of ether oxygens (including phenoxy) is 1. The molecular formula is C28H30N2O3S. The van der Waals surface area contributed by atoms with Crippen molar-refractivity contribution in [1.82, 2.24) is 9.80 Å². The minimum absolute atomic E-state index is 0.119. The number of carbonyl (C=O) groups is 2. The Labute approximate surface area is 205 Å². The number of thioether (sulfide) groups is 1. The third-order valence-electron chi connectivity index (χ3n) is 5.82.